The Balaban J connectivity index is 2.01. The van der Waals surface area contributed by atoms with Crippen LogP contribution in [0.3, 0.4) is 0 Å². The quantitative estimate of drug-likeness (QED) is 0.245. The van der Waals surface area contributed by atoms with Gasteiger partial charge in [0, 0.05) is 13.1 Å². The van der Waals surface area contributed by atoms with E-state index < -0.39 is 11.7 Å². The Morgan fingerprint density at radius 3 is 2.31 bits per heavy atom. The summed E-state index contributed by atoms with van der Waals surface area (Å²) in [5, 5.41) is 0. The number of ether oxygens (including phenoxy) is 1. The summed E-state index contributed by atoms with van der Waals surface area (Å²) in [4.78, 5) is 17.3. The average molecular weight is 497 g/mol. The van der Waals surface area contributed by atoms with Crippen molar-refractivity contribution in [2.24, 2.45) is 0 Å². The second kappa shape index (κ2) is 12.0. The molecule has 3 rings (SSSR count). The van der Waals surface area contributed by atoms with Gasteiger partial charge in [-0.1, -0.05) is 54.6 Å². The molecule has 0 aromatic heterocycles. The molecule has 0 spiro atoms. The van der Waals surface area contributed by atoms with Crippen LogP contribution in [0.4, 0.5) is 13.2 Å². The van der Waals surface area contributed by atoms with Crippen molar-refractivity contribution in [3.8, 4) is 16.9 Å². The van der Waals surface area contributed by atoms with Crippen molar-refractivity contribution in [3.05, 3.63) is 95.1 Å². The van der Waals surface area contributed by atoms with Gasteiger partial charge in [-0.15, -0.1) is 0 Å². The summed E-state index contributed by atoms with van der Waals surface area (Å²) in [6.07, 6.45) is -1.33. The highest BCUT2D eigenvalue weighted by Gasteiger charge is 2.33. The van der Waals surface area contributed by atoms with E-state index in [0.29, 0.717) is 31.0 Å². The molecule has 7 heteroatoms. The smallest absolute Gasteiger partial charge is 0.417 e. The van der Waals surface area contributed by atoms with Gasteiger partial charge in [-0.25, -0.2) is 0 Å². The first-order chi connectivity index (χ1) is 17.1. The predicted octanol–water partition coefficient (Wildman–Crippen LogP) is 6.27. The van der Waals surface area contributed by atoms with Gasteiger partial charge in [0.05, 0.1) is 11.1 Å². The maximum atomic E-state index is 13.6. The molecule has 0 amide bonds. The van der Waals surface area contributed by atoms with Crippen molar-refractivity contribution in [3.63, 3.8) is 0 Å². The lowest BCUT2D eigenvalue weighted by Gasteiger charge is -2.16. The first-order valence-corrected chi connectivity index (χ1v) is 11.6. The first kappa shape index (κ1) is 27.2. The zero-order valence-corrected chi connectivity index (χ0v) is 21.0. The summed E-state index contributed by atoms with van der Waals surface area (Å²) < 4.78 is 46.8. The number of rotatable bonds is 10. The van der Waals surface area contributed by atoms with E-state index in [4.69, 9.17) is 4.74 Å². The SMILES string of the molecule is CN(C)CCOc1ccc(-c2ccccc2C(F)(F)F)cc1C(=O)C=Cc1ccccc1CN(C)C. The molecule has 0 atom stereocenters. The first-order valence-electron chi connectivity index (χ1n) is 11.6. The molecule has 190 valence electrons. The van der Waals surface area contributed by atoms with E-state index in [0.717, 1.165) is 17.2 Å². The van der Waals surface area contributed by atoms with Crippen molar-refractivity contribution in [2.75, 3.05) is 41.3 Å². The van der Waals surface area contributed by atoms with Gasteiger partial charge in [0.1, 0.15) is 12.4 Å². The number of likely N-dealkylation sites (N-methyl/N-ethyl adjacent to an activating group) is 1. The molecule has 0 heterocycles. The zero-order valence-electron chi connectivity index (χ0n) is 21.0. The third kappa shape index (κ3) is 7.29. The highest BCUT2D eigenvalue weighted by molar-refractivity contribution is 6.09. The van der Waals surface area contributed by atoms with Crippen LogP contribution in [-0.4, -0.2) is 56.9 Å². The summed E-state index contributed by atoms with van der Waals surface area (Å²) in [7, 11) is 7.74. The Morgan fingerprint density at radius 2 is 1.61 bits per heavy atom. The van der Waals surface area contributed by atoms with Crippen molar-refractivity contribution in [2.45, 2.75) is 12.7 Å². The molecule has 0 saturated carbocycles. The number of carbonyl (C=O) groups is 1. The van der Waals surface area contributed by atoms with Crippen LogP contribution >= 0.6 is 0 Å². The number of allylic oxidation sites excluding steroid dienone is 1. The predicted molar refractivity (Wildman–Crippen MR) is 138 cm³/mol. The zero-order chi connectivity index (χ0) is 26.3. The van der Waals surface area contributed by atoms with Gasteiger partial charge in [0.2, 0.25) is 0 Å². The minimum atomic E-state index is -4.52. The van der Waals surface area contributed by atoms with E-state index in [1.54, 1.807) is 24.3 Å². The Morgan fingerprint density at radius 1 is 0.917 bits per heavy atom. The number of nitrogens with zero attached hydrogens (tertiary/aromatic N) is 2. The molecule has 0 aliphatic heterocycles. The maximum Gasteiger partial charge on any atom is 0.417 e. The number of hydrogen-bond acceptors (Lipinski definition) is 4. The van der Waals surface area contributed by atoms with Crippen LogP contribution in [0.5, 0.6) is 5.75 Å². The van der Waals surface area contributed by atoms with Crippen LogP contribution < -0.4 is 4.74 Å². The van der Waals surface area contributed by atoms with Crippen LogP contribution in [-0.2, 0) is 12.7 Å². The average Bonchev–Trinajstić information content (AvgIpc) is 2.82. The topological polar surface area (TPSA) is 32.8 Å². The number of carbonyl (C=O) groups excluding carboxylic acids is 1. The Bertz CT molecular complexity index is 1220. The summed E-state index contributed by atoms with van der Waals surface area (Å²) in [5.41, 5.74) is 1.73. The summed E-state index contributed by atoms with van der Waals surface area (Å²) >= 11 is 0. The Hall–Kier alpha value is -3.42. The molecule has 0 unspecified atom stereocenters. The van der Waals surface area contributed by atoms with Crippen molar-refractivity contribution in [1.82, 2.24) is 9.80 Å². The lowest BCUT2D eigenvalue weighted by Crippen LogP contribution is -2.20. The third-order valence-corrected chi connectivity index (χ3v) is 5.54. The highest BCUT2D eigenvalue weighted by Crippen LogP contribution is 2.38. The van der Waals surface area contributed by atoms with E-state index in [-0.39, 0.29) is 16.9 Å². The van der Waals surface area contributed by atoms with Crippen molar-refractivity contribution in [1.29, 1.82) is 0 Å². The van der Waals surface area contributed by atoms with Gasteiger partial charge in [0.25, 0.3) is 0 Å². The summed E-state index contributed by atoms with van der Waals surface area (Å²) in [5.74, 6) is -0.0119. The van der Waals surface area contributed by atoms with E-state index in [1.807, 2.05) is 62.3 Å². The molecule has 0 N–H and O–H groups in total. The summed E-state index contributed by atoms with van der Waals surface area (Å²) in [6.45, 7) is 1.67. The molecule has 0 aliphatic carbocycles. The van der Waals surface area contributed by atoms with Gasteiger partial charge in [-0.2, -0.15) is 13.2 Å². The fourth-order valence-corrected chi connectivity index (χ4v) is 3.77. The van der Waals surface area contributed by atoms with Crippen LogP contribution in [0.1, 0.15) is 27.0 Å². The molecule has 0 fully saturated rings. The van der Waals surface area contributed by atoms with E-state index in [1.165, 1.54) is 24.3 Å². The van der Waals surface area contributed by atoms with Gasteiger partial charge in [-0.3, -0.25) is 4.79 Å². The minimum Gasteiger partial charge on any atom is -0.491 e. The molecule has 4 nitrogen and oxygen atoms in total. The molecular formula is C29H31F3N2O2. The van der Waals surface area contributed by atoms with E-state index in [9.17, 15) is 18.0 Å². The van der Waals surface area contributed by atoms with Crippen LogP contribution in [0.25, 0.3) is 17.2 Å². The van der Waals surface area contributed by atoms with Crippen LogP contribution in [0, 0.1) is 0 Å². The van der Waals surface area contributed by atoms with Crippen molar-refractivity contribution >= 4 is 11.9 Å². The lowest BCUT2D eigenvalue weighted by atomic mass is 9.96. The molecule has 0 saturated heterocycles. The number of hydrogen-bond donors (Lipinski definition) is 0. The second-order valence-corrected chi connectivity index (χ2v) is 9.04. The monoisotopic (exact) mass is 496 g/mol. The molecule has 0 aliphatic rings. The lowest BCUT2D eigenvalue weighted by molar-refractivity contribution is -0.137. The fraction of sp³-hybridized carbons (Fsp3) is 0.276. The minimum absolute atomic E-state index is 0.0131. The molecule has 0 radical (unpaired) electrons. The number of ketones is 1. The van der Waals surface area contributed by atoms with Crippen LogP contribution in [0.15, 0.2) is 72.8 Å². The highest BCUT2D eigenvalue weighted by atomic mass is 19.4. The number of alkyl halides is 3. The Labute approximate surface area is 210 Å². The van der Waals surface area contributed by atoms with Crippen LogP contribution in [0.2, 0.25) is 0 Å². The number of benzene rings is 3. The van der Waals surface area contributed by atoms with Gasteiger partial charge in [-0.05, 0) is 74.7 Å². The van der Waals surface area contributed by atoms with Gasteiger partial charge in [0.15, 0.2) is 5.78 Å². The molecule has 0 bridgehead atoms. The molecule has 3 aromatic rings. The Kier molecular flexibility index (Phi) is 9.07. The third-order valence-electron chi connectivity index (χ3n) is 5.54. The molecular weight excluding hydrogens is 465 g/mol. The van der Waals surface area contributed by atoms with Gasteiger partial charge < -0.3 is 14.5 Å². The second-order valence-electron chi connectivity index (χ2n) is 9.04. The maximum absolute atomic E-state index is 13.6. The number of halogens is 3. The molecule has 36 heavy (non-hydrogen) atoms. The van der Waals surface area contributed by atoms with E-state index >= 15 is 0 Å². The normalized spacial score (nSPS) is 12.0. The largest absolute Gasteiger partial charge is 0.491 e. The van der Waals surface area contributed by atoms with E-state index in [2.05, 4.69) is 0 Å². The fourth-order valence-electron chi connectivity index (χ4n) is 3.77. The van der Waals surface area contributed by atoms with Crippen molar-refractivity contribution < 1.29 is 22.7 Å². The summed E-state index contributed by atoms with van der Waals surface area (Å²) in [6, 6.07) is 17.7. The standard InChI is InChI=1S/C29H31F3N2O2/c1-33(2)17-18-36-28-16-14-22(24-11-7-8-12-26(24)29(30,31)32)19-25(28)27(35)15-13-21-9-5-6-10-23(21)20-34(3)4/h5-16,19H,17-18,20H2,1-4H3. The van der Waals surface area contributed by atoms with Gasteiger partial charge >= 0.3 is 6.18 Å². The molecule has 3 aromatic carbocycles.